The number of fused-ring (bicyclic) bond motifs is 1. The first-order chi connectivity index (χ1) is 16.2. The van der Waals surface area contributed by atoms with Crippen molar-refractivity contribution in [3.05, 3.63) is 70.0 Å². The maximum atomic E-state index is 13.0. The van der Waals surface area contributed by atoms with Gasteiger partial charge in [0.2, 0.25) is 0 Å². The Morgan fingerprint density at radius 3 is 2.70 bits per heavy atom. The molecule has 1 saturated heterocycles. The number of hydrogen-bond acceptors (Lipinski definition) is 5. The number of thiophene rings is 1. The molecule has 1 fully saturated rings. The normalized spacial score (nSPS) is 18.0. The van der Waals surface area contributed by atoms with Crippen LogP contribution in [0.1, 0.15) is 70.8 Å². The largest absolute Gasteiger partial charge is 0.496 e. The number of anilines is 1. The second kappa shape index (κ2) is 9.74. The lowest BCUT2D eigenvalue weighted by atomic mass is 9.87. The van der Waals surface area contributed by atoms with Gasteiger partial charge in [0.05, 0.1) is 19.4 Å². The van der Waals surface area contributed by atoms with Gasteiger partial charge in [0.1, 0.15) is 10.8 Å². The molecule has 6 heteroatoms. The van der Waals surface area contributed by atoms with Crippen molar-refractivity contribution in [1.82, 2.24) is 4.90 Å². The molecule has 0 radical (unpaired) electrons. The molecule has 0 spiro atoms. The molecule has 0 saturated carbocycles. The zero-order chi connectivity index (χ0) is 22.8. The first kappa shape index (κ1) is 22.2. The first-order valence-corrected chi connectivity index (χ1v) is 12.8. The topological polar surface area (TPSA) is 54.7 Å². The SMILES string of the molecule is COc1ccccc1C(c1c(NC(=O)c2ccco2)sc2c1CCCC2)N1CCC(C)CC1. The van der Waals surface area contributed by atoms with Crippen LogP contribution in [0, 0.1) is 5.92 Å². The van der Waals surface area contributed by atoms with E-state index in [1.54, 1.807) is 36.8 Å². The molecule has 1 unspecified atom stereocenters. The molecule has 5 rings (SSSR count). The summed E-state index contributed by atoms with van der Waals surface area (Å²) >= 11 is 1.75. The number of carbonyl (C=O) groups is 1. The highest BCUT2D eigenvalue weighted by Crippen LogP contribution is 2.47. The molecular formula is C27H32N2O3S. The number of nitrogens with zero attached hydrogens (tertiary/aromatic N) is 1. The van der Waals surface area contributed by atoms with Gasteiger partial charge in [0.25, 0.3) is 5.91 Å². The van der Waals surface area contributed by atoms with E-state index >= 15 is 0 Å². The lowest BCUT2D eigenvalue weighted by Gasteiger charge is -2.38. The van der Waals surface area contributed by atoms with Crippen molar-refractivity contribution in [3.63, 3.8) is 0 Å². The number of hydrogen-bond donors (Lipinski definition) is 1. The molecule has 0 bridgehead atoms. The van der Waals surface area contributed by atoms with Crippen LogP contribution in [0.15, 0.2) is 47.1 Å². The minimum atomic E-state index is -0.189. The number of benzene rings is 1. The fourth-order valence-electron chi connectivity index (χ4n) is 5.26. The van der Waals surface area contributed by atoms with E-state index in [-0.39, 0.29) is 11.9 Å². The minimum Gasteiger partial charge on any atom is -0.496 e. The van der Waals surface area contributed by atoms with Crippen LogP contribution in [0.2, 0.25) is 0 Å². The van der Waals surface area contributed by atoms with Gasteiger partial charge in [-0.15, -0.1) is 11.3 Å². The van der Waals surface area contributed by atoms with Crippen LogP contribution in [0.25, 0.3) is 0 Å². The zero-order valence-electron chi connectivity index (χ0n) is 19.4. The molecule has 5 nitrogen and oxygen atoms in total. The summed E-state index contributed by atoms with van der Waals surface area (Å²) in [4.78, 5) is 17.0. The van der Waals surface area contributed by atoms with Crippen molar-refractivity contribution < 1.29 is 13.9 Å². The van der Waals surface area contributed by atoms with Crippen LogP contribution in [-0.4, -0.2) is 31.0 Å². The first-order valence-electron chi connectivity index (χ1n) is 12.0. The second-order valence-corrected chi connectivity index (χ2v) is 10.4. The highest BCUT2D eigenvalue weighted by molar-refractivity contribution is 7.16. The van der Waals surface area contributed by atoms with E-state index in [0.717, 1.165) is 42.6 Å². The summed E-state index contributed by atoms with van der Waals surface area (Å²) in [5.41, 5.74) is 3.86. The maximum Gasteiger partial charge on any atom is 0.291 e. The molecule has 2 aliphatic rings. The molecule has 1 atom stereocenters. The van der Waals surface area contributed by atoms with Crippen molar-refractivity contribution in [2.75, 3.05) is 25.5 Å². The van der Waals surface area contributed by atoms with Gasteiger partial charge in [-0.05, 0) is 81.3 Å². The number of amides is 1. The smallest absolute Gasteiger partial charge is 0.291 e. The summed E-state index contributed by atoms with van der Waals surface area (Å²) in [5, 5.41) is 4.18. The highest BCUT2D eigenvalue weighted by atomic mass is 32.1. The number of piperidine rings is 1. The Bertz CT molecular complexity index is 1100. The van der Waals surface area contributed by atoms with Gasteiger partial charge in [-0.1, -0.05) is 25.1 Å². The summed E-state index contributed by atoms with van der Waals surface area (Å²) in [5.74, 6) is 1.80. The number of nitrogens with one attached hydrogen (secondary N) is 1. The minimum absolute atomic E-state index is 0.0543. The van der Waals surface area contributed by atoms with Gasteiger partial charge in [-0.3, -0.25) is 9.69 Å². The van der Waals surface area contributed by atoms with Crippen LogP contribution in [0.3, 0.4) is 0 Å². The van der Waals surface area contributed by atoms with Gasteiger partial charge in [-0.25, -0.2) is 0 Å². The fraction of sp³-hybridized carbons (Fsp3) is 0.444. The lowest BCUT2D eigenvalue weighted by molar-refractivity contribution is 0.0996. The van der Waals surface area contributed by atoms with Gasteiger partial charge in [0.15, 0.2) is 5.76 Å². The number of likely N-dealkylation sites (tertiary alicyclic amines) is 1. The van der Waals surface area contributed by atoms with Crippen LogP contribution in [0.5, 0.6) is 5.75 Å². The van der Waals surface area contributed by atoms with Gasteiger partial charge in [0, 0.05) is 16.0 Å². The van der Waals surface area contributed by atoms with E-state index < -0.39 is 0 Å². The number of carbonyl (C=O) groups excluding carboxylic acids is 1. The van der Waals surface area contributed by atoms with Crippen molar-refractivity contribution >= 4 is 22.2 Å². The maximum absolute atomic E-state index is 13.0. The molecule has 1 aromatic carbocycles. The lowest BCUT2D eigenvalue weighted by Crippen LogP contribution is -2.37. The zero-order valence-corrected chi connectivity index (χ0v) is 20.2. The number of aryl methyl sites for hydroxylation is 1. The molecule has 33 heavy (non-hydrogen) atoms. The quantitative estimate of drug-likeness (QED) is 0.465. The summed E-state index contributed by atoms with van der Waals surface area (Å²) in [6.07, 6.45) is 8.46. The van der Waals surface area contributed by atoms with Crippen molar-refractivity contribution in [2.45, 2.75) is 51.5 Å². The number of rotatable bonds is 6. The van der Waals surface area contributed by atoms with Crippen LogP contribution in [0.4, 0.5) is 5.00 Å². The van der Waals surface area contributed by atoms with E-state index in [9.17, 15) is 4.79 Å². The van der Waals surface area contributed by atoms with Gasteiger partial charge < -0.3 is 14.5 Å². The number of methoxy groups -OCH3 is 1. The van der Waals surface area contributed by atoms with E-state index in [4.69, 9.17) is 9.15 Å². The molecule has 1 aliphatic carbocycles. The Kier molecular flexibility index (Phi) is 6.56. The highest BCUT2D eigenvalue weighted by Gasteiger charge is 2.35. The monoisotopic (exact) mass is 464 g/mol. The predicted molar refractivity (Wildman–Crippen MR) is 132 cm³/mol. The Hall–Kier alpha value is -2.57. The standard InChI is InChI=1S/C27H32N2O3S/c1-18-13-15-29(16-14-18)25(19-8-3-5-10-21(19)31-2)24-20-9-4-6-12-23(20)33-27(24)28-26(30)22-11-7-17-32-22/h3,5,7-8,10-11,17-18,25H,4,6,9,12-16H2,1-2H3,(H,28,30). The van der Waals surface area contributed by atoms with E-state index in [0.29, 0.717) is 5.76 Å². The molecule has 2 aromatic heterocycles. The predicted octanol–water partition coefficient (Wildman–Crippen LogP) is 6.30. The molecule has 3 aromatic rings. The van der Waals surface area contributed by atoms with Crippen LogP contribution >= 0.6 is 11.3 Å². The Morgan fingerprint density at radius 1 is 1.15 bits per heavy atom. The van der Waals surface area contributed by atoms with Crippen molar-refractivity contribution in [1.29, 1.82) is 0 Å². The molecule has 1 amide bonds. The van der Waals surface area contributed by atoms with Gasteiger partial charge >= 0.3 is 0 Å². The third-order valence-electron chi connectivity index (χ3n) is 7.07. The average molecular weight is 465 g/mol. The van der Waals surface area contributed by atoms with Crippen molar-refractivity contribution in [3.8, 4) is 5.75 Å². The average Bonchev–Trinajstić information content (AvgIpc) is 3.50. The summed E-state index contributed by atoms with van der Waals surface area (Å²) < 4.78 is 11.2. The third kappa shape index (κ3) is 4.46. The number of para-hydroxylation sites is 1. The molecule has 174 valence electrons. The number of ether oxygens (including phenoxy) is 1. The number of furan rings is 1. The fourth-order valence-corrected chi connectivity index (χ4v) is 6.58. The molecule has 3 heterocycles. The second-order valence-electron chi connectivity index (χ2n) is 9.25. The molecule has 1 aliphatic heterocycles. The van der Waals surface area contributed by atoms with E-state index in [2.05, 4.69) is 35.3 Å². The van der Waals surface area contributed by atoms with Crippen molar-refractivity contribution in [2.24, 2.45) is 5.92 Å². The van der Waals surface area contributed by atoms with Crippen LogP contribution in [-0.2, 0) is 12.8 Å². The van der Waals surface area contributed by atoms with Gasteiger partial charge in [-0.2, -0.15) is 0 Å². The Balaban J connectivity index is 1.63. The summed E-state index contributed by atoms with van der Waals surface area (Å²) in [6.45, 7) is 4.43. The van der Waals surface area contributed by atoms with E-state index in [1.807, 2.05) is 6.07 Å². The Labute approximate surface area is 199 Å². The third-order valence-corrected chi connectivity index (χ3v) is 8.30. The summed E-state index contributed by atoms with van der Waals surface area (Å²) in [7, 11) is 1.75. The molecular weight excluding hydrogens is 432 g/mol. The summed E-state index contributed by atoms with van der Waals surface area (Å²) in [6, 6.07) is 11.9. The Morgan fingerprint density at radius 2 is 1.94 bits per heavy atom. The van der Waals surface area contributed by atoms with Crippen LogP contribution < -0.4 is 10.1 Å². The molecule has 1 N–H and O–H groups in total. The van der Waals surface area contributed by atoms with E-state index in [1.165, 1.54) is 47.3 Å².